The van der Waals surface area contributed by atoms with E-state index in [1.165, 1.54) is 11.8 Å². The van der Waals surface area contributed by atoms with Crippen LogP contribution >= 0.6 is 27.7 Å². The maximum atomic E-state index is 12.4. The zero-order chi connectivity index (χ0) is 23.1. The second kappa shape index (κ2) is 11.1. The van der Waals surface area contributed by atoms with Crippen molar-refractivity contribution in [3.05, 3.63) is 70.7 Å². The van der Waals surface area contributed by atoms with Crippen LogP contribution in [-0.2, 0) is 11.3 Å². The SMILES string of the molecule is C=C(C)Cn1c(SCC(=O)N/N=C(/C)c2cccc(OC)c2)nnc1-c1ccc(Br)cc1. The van der Waals surface area contributed by atoms with Crippen LogP contribution in [0.4, 0.5) is 0 Å². The van der Waals surface area contributed by atoms with Crippen molar-refractivity contribution in [2.75, 3.05) is 12.9 Å². The molecule has 0 aliphatic rings. The molecule has 0 atom stereocenters. The molecule has 0 radical (unpaired) electrons. The third kappa shape index (κ3) is 6.30. The van der Waals surface area contributed by atoms with E-state index >= 15 is 0 Å². The van der Waals surface area contributed by atoms with Gasteiger partial charge in [0.05, 0.1) is 18.6 Å². The van der Waals surface area contributed by atoms with E-state index < -0.39 is 0 Å². The number of nitrogens with one attached hydrogen (secondary N) is 1. The minimum Gasteiger partial charge on any atom is -0.497 e. The summed E-state index contributed by atoms with van der Waals surface area (Å²) in [6.07, 6.45) is 0. The Balaban J connectivity index is 1.68. The van der Waals surface area contributed by atoms with Gasteiger partial charge in [-0.25, -0.2) is 5.43 Å². The number of amides is 1. The van der Waals surface area contributed by atoms with E-state index in [0.717, 1.165) is 32.7 Å². The normalized spacial score (nSPS) is 11.3. The molecule has 1 aromatic heterocycles. The molecular weight excluding hydrogens is 490 g/mol. The number of halogens is 1. The lowest BCUT2D eigenvalue weighted by molar-refractivity contribution is -0.118. The van der Waals surface area contributed by atoms with Crippen LogP contribution in [0.15, 0.2) is 75.4 Å². The van der Waals surface area contributed by atoms with Crippen LogP contribution < -0.4 is 10.2 Å². The van der Waals surface area contributed by atoms with Crippen molar-refractivity contribution in [3.8, 4) is 17.1 Å². The van der Waals surface area contributed by atoms with Gasteiger partial charge in [-0.15, -0.1) is 10.2 Å². The third-order valence-corrected chi connectivity index (χ3v) is 5.91. The molecule has 1 heterocycles. The number of thioether (sulfide) groups is 1. The third-order valence-electron chi connectivity index (χ3n) is 4.42. The Labute approximate surface area is 200 Å². The molecule has 166 valence electrons. The van der Waals surface area contributed by atoms with Gasteiger partial charge < -0.3 is 4.74 Å². The summed E-state index contributed by atoms with van der Waals surface area (Å²) in [5, 5.41) is 13.5. The number of benzene rings is 2. The van der Waals surface area contributed by atoms with E-state index in [2.05, 4.69) is 43.2 Å². The van der Waals surface area contributed by atoms with Crippen LogP contribution in [0.2, 0.25) is 0 Å². The van der Waals surface area contributed by atoms with E-state index in [0.29, 0.717) is 17.4 Å². The van der Waals surface area contributed by atoms with Crippen molar-refractivity contribution in [2.24, 2.45) is 5.10 Å². The van der Waals surface area contributed by atoms with Gasteiger partial charge in [0, 0.05) is 22.1 Å². The second-order valence-electron chi connectivity index (χ2n) is 7.11. The fourth-order valence-electron chi connectivity index (χ4n) is 2.84. The Morgan fingerprint density at radius 2 is 1.97 bits per heavy atom. The molecule has 3 aromatic rings. The Kier molecular flexibility index (Phi) is 8.24. The van der Waals surface area contributed by atoms with Crippen LogP contribution in [0.5, 0.6) is 5.75 Å². The standard InChI is InChI=1S/C23H24BrN5O2S/c1-15(2)13-29-22(17-8-10-19(24)11-9-17)27-28-23(29)32-14-21(30)26-25-16(3)18-6-5-7-20(12-18)31-4/h5-12H,1,13-14H2,2-4H3,(H,26,30)/b25-16-. The van der Waals surface area contributed by atoms with E-state index in [4.69, 9.17) is 4.74 Å². The van der Waals surface area contributed by atoms with E-state index in [1.54, 1.807) is 7.11 Å². The summed E-state index contributed by atoms with van der Waals surface area (Å²) in [6, 6.07) is 15.4. The number of carbonyl (C=O) groups excluding carboxylic acids is 1. The lowest BCUT2D eigenvalue weighted by Gasteiger charge is -2.10. The smallest absolute Gasteiger partial charge is 0.250 e. The second-order valence-corrected chi connectivity index (χ2v) is 8.97. The van der Waals surface area contributed by atoms with E-state index in [-0.39, 0.29) is 11.7 Å². The minimum atomic E-state index is -0.229. The zero-order valence-corrected chi connectivity index (χ0v) is 20.5. The molecule has 0 spiro atoms. The van der Waals surface area contributed by atoms with Gasteiger partial charge in [0.2, 0.25) is 0 Å². The summed E-state index contributed by atoms with van der Waals surface area (Å²) in [4.78, 5) is 12.4. The number of carbonyl (C=O) groups is 1. The number of hydrazone groups is 1. The van der Waals surface area contributed by atoms with Gasteiger partial charge in [-0.1, -0.05) is 64.1 Å². The molecule has 32 heavy (non-hydrogen) atoms. The van der Waals surface area contributed by atoms with Crippen molar-refractivity contribution in [1.82, 2.24) is 20.2 Å². The lowest BCUT2D eigenvalue weighted by atomic mass is 10.1. The van der Waals surface area contributed by atoms with Crippen molar-refractivity contribution >= 4 is 39.3 Å². The molecule has 7 nitrogen and oxygen atoms in total. The topological polar surface area (TPSA) is 81.4 Å². The largest absolute Gasteiger partial charge is 0.497 e. The number of allylic oxidation sites excluding steroid dienone is 1. The summed E-state index contributed by atoms with van der Waals surface area (Å²) < 4.78 is 8.18. The highest BCUT2D eigenvalue weighted by Crippen LogP contribution is 2.26. The predicted molar refractivity (Wildman–Crippen MR) is 132 cm³/mol. The van der Waals surface area contributed by atoms with Gasteiger partial charge in [0.1, 0.15) is 5.75 Å². The van der Waals surface area contributed by atoms with Crippen molar-refractivity contribution < 1.29 is 9.53 Å². The summed E-state index contributed by atoms with van der Waals surface area (Å²) in [5.74, 6) is 1.39. The van der Waals surface area contributed by atoms with Gasteiger partial charge in [-0.2, -0.15) is 5.10 Å². The Hall–Kier alpha value is -2.91. The molecule has 0 aliphatic carbocycles. The summed E-state index contributed by atoms with van der Waals surface area (Å²) in [5.41, 5.74) is 6.07. The first-order valence-electron chi connectivity index (χ1n) is 9.81. The summed E-state index contributed by atoms with van der Waals surface area (Å²) >= 11 is 4.75. The van der Waals surface area contributed by atoms with Crippen LogP contribution in [-0.4, -0.2) is 39.2 Å². The molecule has 2 aromatic carbocycles. The molecule has 1 N–H and O–H groups in total. The van der Waals surface area contributed by atoms with Crippen LogP contribution in [0, 0.1) is 0 Å². The quantitative estimate of drug-likeness (QED) is 0.190. The number of aromatic nitrogens is 3. The molecule has 0 bridgehead atoms. The van der Waals surface area contributed by atoms with E-state index in [1.807, 2.05) is 66.9 Å². The van der Waals surface area contributed by atoms with Crippen molar-refractivity contribution in [2.45, 2.75) is 25.5 Å². The van der Waals surface area contributed by atoms with Gasteiger partial charge in [0.25, 0.3) is 5.91 Å². The number of hydrogen-bond acceptors (Lipinski definition) is 6. The van der Waals surface area contributed by atoms with Crippen molar-refractivity contribution in [3.63, 3.8) is 0 Å². The predicted octanol–water partition coefficient (Wildman–Crippen LogP) is 4.92. The van der Waals surface area contributed by atoms with Gasteiger partial charge in [-0.05, 0) is 38.1 Å². The molecule has 1 amide bonds. The fourth-order valence-corrected chi connectivity index (χ4v) is 3.84. The monoisotopic (exact) mass is 513 g/mol. The number of hydrogen-bond donors (Lipinski definition) is 1. The molecule has 0 fully saturated rings. The van der Waals surface area contributed by atoms with Crippen LogP contribution in [0.25, 0.3) is 11.4 Å². The highest BCUT2D eigenvalue weighted by Gasteiger charge is 2.16. The molecule has 9 heteroatoms. The van der Waals surface area contributed by atoms with Gasteiger partial charge in [0.15, 0.2) is 11.0 Å². The first-order chi connectivity index (χ1) is 15.4. The zero-order valence-electron chi connectivity index (χ0n) is 18.1. The average molecular weight is 514 g/mol. The number of rotatable bonds is 9. The Morgan fingerprint density at radius 1 is 1.22 bits per heavy atom. The Morgan fingerprint density at radius 3 is 2.66 bits per heavy atom. The average Bonchev–Trinajstić information content (AvgIpc) is 3.18. The maximum Gasteiger partial charge on any atom is 0.250 e. The van der Waals surface area contributed by atoms with Crippen molar-refractivity contribution in [1.29, 1.82) is 0 Å². The van der Waals surface area contributed by atoms with Gasteiger partial charge in [-0.3, -0.25) is 9.36 Å². The highest BCUT2D eigenvalue weighted by atomic mass is 79.9. The summed E-state index contributed by atoms with van der Waals surface area (Å²) in [7, 11) is 1.61. The van der Waals surface area contributed by atoms with Gasteiger partial charge >= 0.3 is 0 Å². The van der Waals surface area contributed by atoms with E-state index in [9.17, 15) is 4.79 Å². The summed E-state index contributed by atoms with van der Waals surface area (Å²) in [6.45, 7) is 8.35. The minimum absolute atomic E-state index is 0.156. The molecule has 0 saturated carbocycles. The lowest BCUT2D eigenvalue weighted by Crippen LogP contribution is -2.21. The van der Waals surface area contributed by atoms with Crippen LogP contribution in [0.1, 0.15) is 19.4 Å². The molecule has 0 unspecified atom stereocenters. The highest BCUT2D eigenvalue weighted by molar-refractivity contribution is 9.10. The molecule has 0 saturated heterocycles. The number of ether oxygens (including phenoxy) is 1. The molecular formula is C23H24BrN5O2S. The fraction of sp³-hybridized carbons (Fsp3) is 0.217. The molecule has 3 rings (SSSR count). The number of methoxy groups -OCH3 is 1. The first-order valence-corrected chi connectivity index (χ1v) is 11.6. The first kappa shape index (κ1) is 23.7. The maximum absolute atomic E-state index is 12.4. The Bertz CT molecular complexity index is 1140. The van der Waals surface area contributed by atoms with Crippen LogP contribution in [0.3, 0.4) is 0 Å². The number of nitrogens with zero attached hydrogens (tertiary/aromatic N) is 4. The molecule has 0 aliphatic heterocycles.